The third kappa shape index (κ3) is 3.82. The first-order valence-electron chi connectivity index (χ1n) is 9.05. The highest BCUT2D eigenvalue weighted by molar-refractivity contribution is 7.09. The maximum atomic E-state index is 13.3. The Labute approximate surface area is 171 Å². The molecule has 146 valence electrons. The van der Waals surface area contributed by atoms with Crippen molar-refractivity contribution in [2.45, 2.75) is 19.0 Å². The summed E-state index contributed by atoms with van der Waals surface area (Å²) in [5.74, 6) is -1.66. The number of anilines is 1. The van der Waals surface area contributed by atoms with Crippen LogP contribution < -0.4 is 4.90 Å². The summed E-state index contributed by atoms with van der Waals surface area (Å²) >= 11 is 1.46. The van der Waals surface area contributed by atoms with Crippen molar-refractivity contribution in [1.82, 2.24) is 4.90 Å². The molecule has 5 nitrogen and oxygen atoms in total. The zero-order chi connectivity index (χ0) is 20.4. The molecule has 0 radical (unpaired) electrons. The number of para-hydroxylation sites is 1. The Morgan fingerprint density at radius 2 is 1.76 bits per heavy atom. The first kappa shape index (κ1) is 19.0. The summed E-state index contributed by atoms with van der Waals surface area (Å²) in [7, 11) is 0. The Balaban J connectivity index is 1.67. The number of nitrogens with zero attached hydrogens (tertiary/aromatic N) is 2. The van der Waals surface area contributed by atoms with Crippen LogP contribution in [-0.2, 0) is 16.1 Å². The third-order valence-electron chi connectivity index (χ3n) is 4.77. The first-order chi connectivity index (χ1) is 14.0. The minimum absolute atomic E-state index is 0.0912. The molecule has 0 N–H and O–H groups in total. The van der Waals surface area contributed by atoms with E-state index >= 15 is 0 Å². The van der Waals surface area contributed by atoms with Crippen molar-refractivity contribution in [1.29, 1.82) is 0 Å². The fraction of sp³-hybridized carbons (Fsp3) is 0.136. The maximum Gasteiger partial charge on any atom is 0.257 e. The minimum Gasteiger partial charge on any atom is -0.321 e. The molecule has 1 aromatic heterocycles. The van der Waals surface area contributed by atoms with Gasteiger partial charge in [-0.25, -0.2) is 9.29 Å². The average Bonchev–Trinajstić information content (AvgIpc) is 3.34. The van der Waals surface area contributed by atoms with Gasteiger partial charge in [0.05, 0.1) is 18.7 Å². The normalized spacial score (nSPS) is 16.3. The molecule has 1 aliphatic heterocycles. The van der Waals surface area contributed by atoms with E-state index in [1.54, 1.807) is 30.3 Å². The van der Waals surface area contributed by atoms with Gasteiger partial charge in [-0.1, -0.05) is 24.3 Å². The fourth-order valence-corrected chi connectivity index (χ4v) is 4.06. The van der Waals surface area contributed by atoms with Crippen LogP contribution in [0.1, 0.15) is 21.7 Å². The zero-order valence-corrected chi connectivity index (χ0v) is 16.1. The molecule has 2 heterocycles. The Morgan fingerprint density at radius 1 is 1.03 bits per heavy atom. The molecule has 2 aromatic carbocycles. The Kier molecular flexibility index (Phi) is 5.22. The highest BCUT2D eigenvalue weighted by Gasteiger charge is 2.44. The molecule has 29 heavy (non-hydrogen) atoms. The monoisotopic (exact) mass is 408 g/mol. The van der Waals surface area contributed by atoms with E-state index in [2.05, 4.69) is 0 Å². The molecule has 7 heteroatoms. The molecule has 0 aliphatic carbocycles. The SMILES string of the molecule is O=C1CC(N(Cc2cccs2)C(=O)c2ccc(F)cc2)C(=O)N1c1ccccc1. The van der Waals surface area contributed by atoms with Gasteiger partial charge in [0.2, 0.25) is 5.91 Å². The van der Waals surface area contributed by atoms with Crippen molar-refractivity contribution in [3.8, 4) is 0 Å². The Morgan fingerprint density at radius 3 is 2.41 bits per heavy atom. The van der Waals surface area contributed by atoms with E-state index in [-0.39, 0.29) is 24.4 Å². The number of hydrogen-bond donors (Lipinski definition) is 0. The molecule has 3 amide bonds. The number of amides is 3. The second-order valence-corrected chi connectivity index (χ2v) is 7.67. The van der Waals surface area contributed by atoms with Gasteiger partial charge in [-0.2, -0.15) is 0 Å². The third-order valence-corrected chi connectivity index (χ3v) is 5.63. The van der Waals surface area contributed by atoms with Crippen molar-refractivity contribution in [2.75, 3.05) is 4.90 Å². The molecular weight excluding hydrogens is 391 g/mol. The number of hydrogen-bond acceptors (Lipinski definition) is 4. The lowest BCUT2D eigenvalue weighted by atomic mass is 10.1. The highest BCUT2D eigenvalue weighted by atomic mass is 32.1. The lowest BCUT2D eigenvalue weighted by Gasteiger charge is -2.27. The van der Waals surface area contributed by atoms with Gasteiger partial charge in [0.1, 0.15) is 11.9 Å². The summed E-state index contributed by atoms with van der Waals surface area (Å²) in [6.45, 7) is 0.195. The van der Waals surface area contributed by atoms with Crippen LogP contribution in [-0.4, -0.2) is 28.7 Å². The highest BCUT2D eigenvalue weighted by Crippen LogP contribution is 2.28. The van der Waals surface area contributed by atoms with E-state index in [4.69, 9.17) is 0 Å². The molecule has 0 spiro atoms. The second-order valence-electron chi connectivity index (χ2n) is 6.64. The topological polar surface area (TPSA) is 57.7 Å². The standard InChI is InChI=1S/C22H17FN2O3S/c23-16-10-8-15(9-11-16)21(27)24(14-18-7-4-12-29-18)19-13-20(26)25(22(19)28)17-5-2-1-3-6-17/h1-12,19H,13-14H2. The van der Waals surface area contributed by atoms with E-state index in [1.165, 1.54) is 40.5 Å². The average molecular weight is 408 g/mol. The fourth-order valence-electron chi connectivity index (χ4n) is 3.36. The van der Waals surface area contributed by atoms with Gasteiger partial charge in [-0.15, -0.1) is 11.3 Å². The number of carbonyl (C=O) groups excluding carboxylic acids is 3. The molecule has 0 bridgehead atoms. The smallest absolute Gasteiger partial charge is 0.257 e. The number of carbonyl (C=O) groups is 3. The molecule has 4 rings (SSSR count). The number of imide groups is 1. The van der Waals surface area contributed by atoms with E-state index in [9.17, 15) is 18.8 Å². The van der Waals surface area contributed by atoms with Crippen LogP contribution in [0.15, 0.2) is 72.1 Å². The number of rotatable bonds is 5. The van der Waals surface area contributed by atoms with Crippen molar-refractivity contribution in [2.24, 2.45) is 0 Å². The summed E-state index contributed by atoms with van der Waals surface area (Å²) < 4.78 is 13.3. The molecule has 1 fully saturated rings. The number of halogens is 1. The summed E-state index contributed by atoms with van der Waals surface area (Å²) in [6, 6.07) is 16.6. The van der Waals surface area contributed by atoms with Gasteiger partial charge in [-0.3, -0.25) is 14.4 Å². The van der Waals surface area contributed by atoms with E-state index in [0.717, 1.165) is 9.78 Å². The van der Waals surface area contributed by atoms with Gasteiger partial charge < -0.3 is 4.90 Å². The summed E-state index contributed by atoms with van der Waals surface area (Å²) in [6.07, 6.45) is -0.0912. The molecule has 0 saturated carbocycles. The Hall–Kier alpha value is -3.32. The summed E-state index contributed by atoms with van der Waals surface area (Å²) in [5.41, 5.74) is 0.747. The lowest BCUT2D eigenvalue weighted by molar-refractivity contribution is -0.122. The van der Waals surface area contributed by atoms with Gasteiger partial charge in [0.15, 0.2) is 0 Å². The van der Waals surface area contributed by atoms with Gasteiger partial charge >= 0.3 is 0 Å². The van der Waals surface area contributed by atoms with Crippen LogP contribution >= 0.6 is 11.3 Å². The van der Waals surface area contributed by atoms with Crippen LogP contribution in [0.25, 0.3) is 0 Å². The van der Waals surface area contributed by atoms with Crippen LogP contribution in [0.5, 0.6) is 0 Å². The van der Waals surface area contributed by atoms with E-state index < -0.39 is 23.7 Å². The van der Waals surface area contributed by atoms with Gasteiger partial charge in [0, 0.05) is 10.4 Å². The van der Waals surface area contributed by atoms with Gasteiger partial charge in [-0.05, 0) is 47.8 Å². The van der Waals surface area contributed by atoms with Gasteiger partial charge in [0.25, 0.3) is 11.8 Å². The summed E-state index contributed by atoms with van der Waals surface area (Å²) in [5, 5.41) is 1.88. The predicted octanol–water partition coefficient (Wildman–Crippen LogP) is 3.86. The molecule has 3 aromatic rings. The largest absolute Gasteiger partial charge is 0.321 e. The Bertz CT molecular complexity index is 1040. The molecular formula is C22H17FN2O3S. The number of thiophene rings is 1. The quantitative estimate of drug-likeness (QED) is 0.603. The van der Waals surface area contributed by atoms with Crippen LogP contribution in [0.4, 0.5) is 10.1 Å². The first-order valence-corrected chi connectivity index (χ1v) is 9.93. The summed E-state index contributed by atoms with van der Waals surface area (Å²) in [4.78, 5) is 42.4. The minimum atomic E-state index is -0.914. The predicted molar refractivity (Wildman–Crippen MR) is 108 cm³/mol. The molecule has 1 saturated heterocycles. The second kappa shape index (κ2) is 7.97. The molecule has 1 atom stereocenters. The lowest BCUT2D eigenvalue weighted by Crippen LogP contribution is -2.45. The van der Waals surface area contributed by atoms with E-state index in [0.29, 0.717) is 5.69 Å². The number of benzene rings is 2. The van der Waals surface area contributed by atoms with Crippen molar-refractivity contribution in [3.05, 3.63) is 88.4 Å². The van der Waals surface area contributed by atoms with Crippen molar-refractivity contribution >= 4 is 34.7 Å². The van der Waals surface area contributed by atoms with Crippen LogP contribution in [0.3, 0.4) is 0 Å². The van der Waals surface area contributed by atoms with Crippen molar-refractivity contribution < 1.29 is 18.8 Å². The van der Waals surface area contributed by atoms with E-state index in [1.807, 2.05) is 17.5 Å². The maximum absolute atomic E-state index is 13.3. The molecule has 1 aliphatic rings. The van der Waals surface area contributed by atoms with Crippen LogP contribution in [0.2, 0.25) is 0 Å². The zero-order valence-electron chi connectivity index (χ0n) is 15.3. The van der Waals surface area contributed by atoms with Crippen molar-refractivity contribution in [3.63, 3.8) is 0 Å². The van der Waals surface area contributed by atoms with Crippen LogP contribution in [0, 0.1) is 5.82 Å². The molecule has 1 unspecified atom stereocenters.